The van der Waals surface area contributed by atoms with Crippen molar-refractivity contribution in [3.8, 4) is 0 Å². The summed E-state index contributed by atoms with van der Waals surface area (Å²) in [6.45, 7) is 6.47. The van der Waals surface area contributed by atoms with Crippen LogP contribution in [-0.4, -0.2) is 27.5 Å². The molecule has 2 amide bonds. The van der Waals surface area contributed by atoms with Gasteiger partial charge in [0.2, 0.25) is 0 Å². The molecule has 2 aromatic rings. The first kappa shape index (κ1) is 17.7. The van der Waals surface area contributed by atoms with Gasteiger partial charge < -0.3 is 15.8 Å². The normalized spacial score (nSPS) is 13.3. The van der Waals surface area contributed by atoms with Crippen molar-refractivity contribution >= 4 is 23.4 Å². The Bertz CT molecular complexity index is 841. The lowest BCUT2D eigenvalue weighted by Gasteiger charge is -2.24. The number of fused-ring (bicyclic) bond motifs is 1. The van der Waals surface area contributed by atoms with Gasteiger partial charge in [-0.05, 0) is 56.2 Å². The summed E-state index contributed by atoms with van der Waals surface area (Å²) in [5.41, 5.74) is 8.52. The average Bonchev–Trinajstić information content (AvgIpc) is 2.97. The first-order chi connectivity index (χ1) is 12.2. The number of pyridine rings is 1. The molecule has 0 bridgehead atoms. The molecule has 1 aliphatic heterocycles. The second-order valence-corrected chi connectivity index (χ2v) is 7.25. The molecule has 7 nitrogen and oxygen atoms in total. The van der Waals surface area contributed by atoms with Crippen molar-refractivity contribution in [1.82, 2.24) is 9.88 Å². The number of ether oxygens (including phenoxy) is 1. The van der Waals surface area contributed by atoms with Crippen molar-refractivity contribution in [2.24, 2.45) is 0 Å². The van der Waals surface area contributed by atoms with Crippen LogP contribution in [0.15, 0.2) is 36.5 Å². The molecule has 3 rings (SSSR count). The number of nitrogens with zero attached hydrogens (tertiary/aromatic N) is 2. The molecule has 1 aliphatic rings. The number of amides is 2. The van der Waals surface area contributed by atoms with Crippen molar-refractivity contribution in [1.29, 1.82) is 0 Å². The Labute approximate surface area is 152 Å². The maximum absolute atomic E-state index is 12.3. The topological polar surface area (TPSA) is 97.5 Å². The van der Waals surface area contributed by atoms with E-state index in [-0.39, 0.29) is 17.7 Å². The smallest absolute Gasteiger partial charge is 0.410 e. The van der Waals surface area contributed by atoms with E-state index < -0.39 is 5.60 Å². The maximum Gasteiger partial charge on any atom is 0.410 e. The van der Waals surface area contributed by atoms with Crippen molar-refractivity contribution < 1.29 is 14.3 Å². The molecular formula is C19H22N4O3. The zero-order valence-corrected chi connectivity index (χ0v) is 15.1. The highest BCUT2D eigenvalue weighted by Crippen LogP contribution is 2.27. The zero-order valence-electron chi connectivity index (χ0n) is 15.1. The summed E-state index contributed by atoms with van der Waals surface area (Å²) in [6.07, 6.45) is 1.10. The second-order valence-electron chi connectivity index (χ2n) is 7.25. The van der Waals surface area contributed by atoms with E-state index in [9.17, 15) is 9.59 Å². The van der Waals surface area contributed by atoms with Crippen LogP contribution in [-0.2, 0) is 17.8 Å². The number of anilines is 2. The van der Waals surface area contributed by atoms with Gasteiger partial charge in [-0.25, -0.2) is 9.78 Å². The molecule has 0 atom stereocenters. The molecule has 0 saturated heterocycles. The first-order valence-electron chi connectivity index (χ1n) is 8.34. The van der Waals surface area contributed by atoms with Crippen molar-refractivity contribution in [3.63, 3.8) is 0 Å². The summed E-state index contributed by atoms with van der Waals surface area (Å²) in [5, 5.41) is 2.81. The molecule has 1 aromatic heterocycles. The molecule has 0 spiro atoms. The van der Waals surface area contributed by atoms with Gasteiger partial charge in [-0.1, -0.05) is 6.07 Å². The SMILES string of the molecule is CC(C)(C)OC(=O)N1Cc2ccc(NC(=O)c3ccc(N)cn3)cc2C1. The van der Waals surface area contributed by atoms with Gasteiger partial charge in [-0.15, -0.1) is 0 Å². The van der Waals surface area contributed by atoms with Crippen LogP contribution in [0.4, 0.5) is 16.2 Å². The monoisotopic (exact) mass is 354 g/mol. The third-order valence-corrected chi connectivity index (χ3v) is 3.86. The Morgan fingerprint density at radius 1 is 1.15 bits per heavy atom. The molecular weight excluding hydrogens is 332 g/mol. The van der Waals surface area contributed by atoms with Gasteiger partial charge in [-0.3, -0.25) is 9.69 Å². The van der Waals surface area contributed by atoms with E-state index in [1.807, 2.05) is 39.0 Å². The molecule has 2 heterocycles. The average molecular weight is 354 g/mol. The molecule has 26 heavy (non-hydrogen) atoms. The summed E-state index contributed by atoms with van der Waals surface area (Å²) in [4.78, 5) is 30.1. The summed E-state index contributed by atoms with van der Waals surface area (Å²) in [7, 11) is 0. The molecule has 0 fully saturated rings. The van der Waals surface area contributed by atoms with E-state index in [1.165, 1.54) is 6.20 Å². The van der Waals surface area contributed by atoms with E-state index in [4.69, 9.17) is 10.5 Å². The van der Waals surface area contributed by atoms with Crippen LogP contribution in [0, 0.1) is 0 Å². The number of carbonyl (C=O) groups is 2. The summed E-state index contributed by atoms with van der Waals surface area (Å²) < 4.78 is 5.41. The van der Waals surface area contributed by atoms with E-state index in [0.29, 0.717) is 24.5 Å². The van der Waals surface area contributed by atoms with E-state index in [0.717, 1.165) is 11.1 Å². The predicted molar refractivity (Wildman–Crippen MR) is 98.5 cm³/mol. The standard InChI is InChI=1S/C19H22N4O3/c1-19(2,3)26-18(25)23-10-12-4-6-15(8-13(12)11-23)22-17(24)16-7-5-14(20)9-21-16/h4-9H,10-11,20H2,1-3H3,(H,22,24). The van der Waals surface area contributed by atoms with Crippen LogP contribution in [0.5, 0.6) is 0 Å². The van der Waals surface area contributed by atoms with Crippen LogP contribution in [0.2, 0.25) is 0 Å². The Hall–Kier alpha value is -3.09. The summed E-state index contributed by atoms with van der Waals surface area (Å²) in [5.74, 6) is -0.313. The zero-order chi connectivity index (χ0) is 18.9. The third kappa shape index (κ3) is 4.11. The largest absolute Gasteiger partial charge is 0.444 e. The lowest BCUT2D eigenvalue weighted by Crippen LogP contribution is -2.33. The van der Waals surface area contributed by atoms with Crippen molar-refractivity contribution in [2.75, 3.05) is 11.1 Å². The van der Waals surface area contributed by atoms with Gasteiger partial charge >= 0.3 is 6.09 Å². The number of nitrogen functional groups attached to an aromatic ring is 1. The second kappa shape index (κ2) is 6.67. The van der Waals surface area contributed by atoms with E-state index in [2.05, 4.69) is 10.3 Å². The summed E-state index contributed by atoms with van der Waals surface area (Å²) >= 11 is 0. The number of carbonyl (C=O) groups excluding carboxylic acids is 2. The predicted octanol–water partition coefficient (Wildman–Crippen LogP) is 3.17. The number of nitrogens with two attached hydrogens (primary N) is 1. The van der Waals surface area contributed by atoms with Crippen LogP contribution in [0.1, 0.15) is 42.4 Å². The van der Waals surface area contributed by atoms with Gasteiger partial charge in [0.15, 0.2) is 0 Å². The maximum atomic E-state index is 12.3. The molecule has 3 N–H and O–H groups in total. The minimum atomic E-state index is -0.531. The van der Waals surface area contributed by atoms with E-state index in [1.54, 1.807) is 17.0 Å². The highest BCUT2D eigenvalue weighted by atomic mass is 16.6. The molecule has 1 aromatic carbocycles. The Kier molecular flexibility index (Phi) is 4.54. The van der Waals surface area contributed by atoms with Gasteiger partial charge in [-0.2, -0.15) is 0 Å². The Morgan fingerprint density at radius 3 is 2.54 bits per heavy atom. The van der Waals surface area contributed by atoms with Gasteiger partial charge in [0, 0.05) is 18.8 Å². The van der Waals surface area contributed by atoms with Crippen LogP contribution >= 0.6 is 0 Å². The molecule has 7 heteroatoms. The van der Waals surface area contributed by atoms with Gasteiger partial charge in [0.1, 0.15) is 11.3 Å². The van der Waals surface area contributed by atoms with Crippen molar-refractivity contribution in [2.45, 2.75) is 39.5 Å². The number of nitrogens with one attached hydrogen (secondary N) is 1. The Morgan fingerprint density at radius 2 is 1.88 bits per heavy atom. The quantitative estimate of drug-likeness (QED) is 0.863. The fourth-order valence-corrected chi connectivity index (χ4v) is 2.66. The van der Waals surface area contributed by atoms with Crippen LogP contribution < -0.4 is 11.1 Å². The molecule has 0 unspecified atom stereocenters. The first-order valence-corrected chi connectivity index (χ1v) is 8.34. The van der Waals surface area contributed by atoms with Gasteiger partial charge in [0.25, 0.3) is 5.91 Å². The molecule has 0 aliphatic carbocycles. The van der Waals surface area contributed by atoms with Gasteiger partial charge in [0.05, 0.1) is 11.9 Å². The highest BCUT2D eigenvalue weighted by Gasteiger charge is 2.27. The lowest BCUT2D eigenvalue weighted by molar-refractivity contribution is 0.0241. The number of hydrogen-bond acceptors (Lipinski definition) is 5. The van der Waals surface area contributed by atoms with Crippen LogP contribution in [0.3, 0.4) is 0 Å². The highest BCUT2D eigenvalue weighted by molar-refractivity contribution is 6.03. The molecule has 0 saturated carbocycles. The minimum Gasteiger partial charge on any atom is -0.444 e. The third-order valence-electron chi connectivity index (χ3n) is 3.86. The fourth-order valence-electron chi connectivity index (χ4n) is 2.66. The number of hydrogen-bond donors (Lipinski definition) is 2. The van der Waals surface area contributed by atoms with E-state index >= 15 is 0 Å². The van der Waals surface area contributed by atoms with Crippen molar-refractivity contribution in [3.05, 3.63) is 53.3 Å². The number of rotatable bonds is 2. The fraction of sp³-hybridized carbons (Fsp3) is 0.316. The van der Waals surface area contributed by atoms with Crippen LogP contribution in [0.25, 0.3) is 0 Å². The molecule has 136 valence electrons. The lowest BCUT2D eigenvalue weighted by atomic mass is 10.1. The summed E-state index contributed by atoms with van der Waals surface area (Å²) in [6, 6.07) is 8.79. The number of benzene rings is 1. The number of aromatic nitrogens is 1. The minimum absolute atomic E-state index is 0.287. The Balaban J connectivity index is 1.68. The molecule has 0 radical (unpaired) electrons.